The van der Waals surface area contributed by atoms with Crippen molar-refractivity contribution >= 4 is 68.0 Å². The van der Waals surface area contributed by atoms with Gasteiger partial charge in [-0.15, -0.1) is 68.0 Å². The van der Waals surface area contributed by atoms with Crippen molar-refractivity contribution in [2.75, 3.05) is 0 Å². The van der Waals surface area contributed by atoms with Gasteiger partial charge in [0, 0.05) is 58.5 Å². The van der Waals surface area contributed by atoms with E-state index in [0.717, 1.165) is 25.7 Å². The van der Waals surface area contributed by atoms with Crippen LogP contribution in [0.25, 0.3) is 69.7 Å². The van der Waals surface area contributed by atoms with Crippen LogP contribution in [0.2, 0.25) is 0 Å². The second-order valence-corrected chi connectivity index (χ2v) is 21.6. The van der Waals surface area contributed by atoms with Crippen molar-refractivity contribution in [2.24, 2.45) is 0 Å². The molecular weight excluding hydrogens is 817 g/mol. The molecule has 0 N–H and O–H groups in total. The predicted octanol–water partition coefficient (Wildman–Crippen LogP) is 19.1. The van der Waals surface area contributed by atoms with Gasteiger partial charge < -0.3 is 0 Å². The SMILES string of the molecule is CCCCc1c(-c2ccc(-c3ccccc3)s2)sc(-c2ccc(-c3ccc(-c4sc(-c5ccc(-c6ccccc6)s5)c(CCCC)c4CCCC)s3)s2)c1CCCC. The molecule has 0 aliphatic carbocycles. The summed E-state index contributed by atoms with van der Waals surface area (Å²) in [7, 11) is 0. The summed E-state index contributed by atoms with van der Waals surface area (Å²) in [6.45, 7) is 9.33. The van der Waals surface area contributed by atoms with E-state index in [1.807, 2.05) is 45.3 Å². The molecule has 6 heteroatoms. The zero-order chi connectivity index (χ0) is 39.8. The minimum atomic E-state index is 1.16. The van der Waals surface area contributed by atoms with Crippen LogP contribution < -0.4 is 0 Å². The lowest BCUT2D eigenvalue weighted by Gasteiger charge is -2.08. The van der Waals surface area contributed by atoms with Gasteiger partial charge in [-0.2, -0.15) is 0 Å². The summed E-state index contributed by atoms with van der Waals surface area (Å²) in [4.78, 5) is 17.2. The standard InChI is InChI=1S/C52H54S6/c1-5-9-23-37-39(25-11-7-3)51(57-49(37)45-31-27-41(53-45)35-19-15-13-16-20-35)47-33-29-43(55-47)44-30-34-48(56-44)52-40(26-12-8-4)38(24-10-6-2)50(58-52)46-32-28-42(54-46)36-21-17-14-18-22-36/h13-22,27-34H,5-12,23-26H2,1-4H3. The van der Waals surface area contributed by atoms with Crippen LogP contribution >= 0.6 is 68.0 Å². The maximum Gasteiger partial charge on any atom is 0.0484 e. The van der Waals surface area contributed by atoms with Crippen LogP contribution in [0.5, 0.6) is 0 Å². The molecule has 0 saturated carbocycles. The molecule has 0 unspecified atom stereocenters. The fourth-order valence-electron chi connectivity index (χ4n) is 7.89. The van der Waals surface area contributed by atoms with E-state index in [1.54, 1.807) is 22.3 Å². The van der Waals surface area contributed by atoms with E-state index in [9.17, 15) is 0 Å². The molecule has 58 heavy (non-hydrogen) atoms. The summed E-state index contributed by atoms with van der Waals surface area (Å²) in [6, 6.07) is 40.9. The summed E-state index contributed by atoms with van der Waals surface area (Å²) in [5.41, 5.74) is 9.07. The van der Waals surface area contributed by atoms with Crippen LogP contribution in [0.3, 0.4) is 0 Å². The molecular formula is C52H54S6. The second kappa shape index (κ2) is 19.8. The lowest BCUT2D eigenvalue weighted by molar-refractivity contribution is 0.764. The van der Waals surface area contributed by atoms with Crippen LogP contribution in [0.4, 0.5) is 0 Å². The number of hydrogen-bond donors (Lipinski definition) is 0. The molecule has 0 aliphatic heterocycles. The Kier molecular flexibility index (Phi) is 14.1. The molecule has 0 radical (unpaired) electrons. The molecule has 6 heterocycles. The summed E-state index contributed by atoms with van der Waals surface area (Å²) in [5, 5.41) is 0. The van der Waals surface area contributed by atoms with E-state index in [2.05, 4.69) is 160 Å². The van der Waals surface area contributed by atoms with E-state index >= 15 is 0 Å². The molecule has 0 nitrogen and oxygen atoms in total. The zero-order valence-electron chi connectivity index (χ0n) is 34.3. The molecule has 0 fully saturated rings. The lowest BCUT2D eigenvalue weighted by atomic mass is 9.97. The van der Waals surface area contributed by atoms with Crippen LogP contribution in [0, 0.1) is 0 Å². The monoisotopic (exact) mass is 870 g/mol. The second-order valence-electron chi connectivity index (χ2n) is 15.2. The summed E-state index contributed by atoms with van der Waals surface area (Å²) in [5.74, 6) is 0. The van der Waals surface area contributed by atoms with Crippen molar-refractivity contribution in [3.8, 4) is 69.7 Å². The topological polar surface area (TPSA) is 0 Å². The molecule has 0 aliphatic rings. The highest BCUT2D eigenvalue weighted by Gasteiger charge is 2.25. The van der Waals surface area contributed by atoms with E-state index in [1.165, 1.54) is 121 Å². The molecule has 298 valence electrons. The third kappa shape index (κ3) is 9.04. The Labute approximate surface area is 371 Å². The van der Waals surface area contributed by atoms with Gasteiger partial charge >= 0.3 is 0 Å². The van der Waals surface area contributed by atoms with Crippen molar-refractivity contribution in [3.05, 3.63) is 131 Å². The van der Waals surface area contributed by atoms with E-state index in [0.29, 0.717) is 0 Å². The average Bonchev–Trinajstić information content (AvgIpc) is 4.12. The number of thiophene rings is 6. The highest BCUT2D eigenvalue weighted by molar-refractivity contribution is 7.31. The number of rotatable bonds is 19. The molecule has 0 saturated heterocycles. The van der Waals surface area contributed by atoms with Crippen molar-refractivity contribution < 1.29 is 0 Å². The maximum absolute atomic E-state index is 2.43. The molecule has 0 bridgehead atoms. The molecule has 0 amide bonds. The number of unbranched alkanes of at least 4 members (excludes halogenated alkanes) is 4. The molecule has 6 aromatic heterocycles. The minimum Gasteiger partial charge on any atom is -0.134 e. The average molecular weight is 871 g/mol. The Morgan fingerprint density at radius 1 is 0.276 bits per heavy atom. The molecule has 2 aromatic carbocycles. The fraction of sp³-hybridized carbons (Fsp3) is 0.308. The fourth-order valence-corrected chi connectivity index (χ4v) is 15.4. The van der Waals surface area contributed by atoms with Crippen LogP contribution in [-0.2, 0) is 25.7 Å². The van der Waals surface area contributed by atoms with E-state index in [-0.39, 0.29) is 0 Å². The van der Waals surface area contributed by atoms with Gasteiger partial charge in [0.2, 0.25) is 0 Å². The van der Waals surface area contributed by atoms with Gasteiger partial charge in [0.05, 0.1) is 0 Å². The van der Waals surface area contributed by atoms with Crippen LogP contribution in [0.15, 0.2) is 109 Å². The normalized spacial score (nSPS) is 11.6. The van der Waals surface area contributed by atoms with Gasteiger partial charge in [-0.3, -0.25) is 0 Å². The Balaban J connectivity index is 1.15. The zero-order valence-corrected chi connectivity index (χ0v) is 39.2. The van der Waals surface area contributed by atoms with Crippen LogP contribution in [-0.4, -0.2) is 0 Å². The molecule has 8 rings (SSSR count). The van der Waals surface area contributed by atoms with Crippen molar-refractivity contribution in [1.82, 2.24) is 0 Å². The number of benzene rings is 2. The highest BCUT2D eigenvalue weighted by Crippen LogP contribution is 2.52. The summed E-state index contributed by atoms with van der Waals surface area (Å²) < 4.78 is 0. The van der Waals surface area contributed by atoms with Gasteiger partial charge in [0.15, 0.2) is 0 Å². The summed E-state index contributed by atoms with van der Waals surface area (Å²) >= 11 is 12.0. The Hall–Kier alpha value is -3.36. The predicted molar refractivity (Wildman–Crippen MR) is 266 cm³/mol. The largest absolute Gasteiger partial charge is 0.134 e. The maximum atomic E-state index is 2.43. The lowest BCUT2D eigenvalue weighted by Crippen LogP contribution is -1.94. The van der Waals surface area contributed by atoms with E-state index in [4.69, 9.17) is 0 Å². The third-order valence-corrected chi connectivity index (χ3v) is 18.9. The van der Waals surface area contributed by atoms with E-state index < -0.39 is 0 Å². The molecule has 8 aromatic rings. The summed E-state index contributed by atoms with van der Waals surface area (Å²) in [6.07, 6.45) is 14.4. The molecule has 0 atom stereocenters. The first-order valence-electron chi connectivity index (χ1n) is 21.4. The minimum absolute atomic E-state index is 1.16. The van der Waals surface area contributed by atoms with Gasteiger partial charge in [-0.1, -0.05) is 114 Å². The molecule has 0 spiro atoms. The Bertz CT molecular complexity index is 2330. The van der Waals surface area contributed by atoms with Gasteiger partial charge in [-0.25, -0.2) is 0 Å². The smallest absolute Gasteiger partial charge is 0.0484 e. The number of hydrogen-bond acceptors (Lipinski definition) is 6. The first-order valence-corrected chi connectivity index (χ1v) is 26.3. The first-order chi connectivity index (χ1) is 28.6. The Morgan fingerprint density at radius 3 is 0.828 bits per heavy atom. The Morgan fingerprint density at radius 2 is 0.534 bits per heavy atom. The first kappa shape index (κ1) is 41.4. The van der Waals surface area contributed by atoms with Crippen molar-refractivity contribution in [2.45, 2.75) is 105 Å². The van der Waals surface area contributed by atoms with Crippen molar-refractivity contribution in [3.63, 3.8) is 0 Å². The third-order valence-electron chi connectivity index (χ3n) is 11.0. The quantitative estimate of drug-likeness (QED) is 0.0759. The van der Waals surface area contributed by atoms with Gasteiger partial charge in [-0.05, 0) is 133 Å². The van der Waals surface area contributed by atoms with Gasteiger partial charge in [0.25, 0.3) is 0 Å². The van der Waals surface area contributed by atoms with Crippen LogP contribution in [0.1, 0.15) is 101 Å². The highest BCUT2D eigenvalue weighted by atomic mass is 32.1. The van der Waals surface area contributed by atoms with Gasteiger partial charge in [0.1, 0.15) is 0 Å². The van der Waals surface area contributed by atoms with Crippen molar-refractivity contribution in [1.29, 1.82) is 0 Å².